The number of amides is 2. The second kappa shape index (κ2) is 10.0. The number of benzene rings is 2. The van der Waals surface area contributed by atoms with E-state index in [1.54, 1.807) is 31.4 Å². The molecule has 2 saturated heterocycles. The normalized spacial score (nSPS) is 19.9. The zero-order valence-electron chi connectivity index (χ0n) is 18.7. The van der Waals surface area contributed by atoms with Crippen LogP contribution in [0.5, 0.6) is 17.2 Å². The van der Waals surface area contributed by atoms with Crippen molar-refractivity contribution in [2.75, 3.05) is 31.7 Å². The summed E-state index contributed by atoms with van der Waals surface area (Å²) in [7, 11) is 1.64. The third-order valence-corrected chi connectivity index (χ3v) is 5.97. The van der Waals surface area contributed by atoms with Crippen LogP contribution in [0.4, 0.5) is 5.69 Å². The predicted octanol–water partition coefficient (Wildman–Crippen LogP) is 3.66. The van der Waals surface area contributed by atoms with Crippen LogP contribution < -0.4 is 19.1 Å². The van der Waals surface area contributed by atoms with Crippen LogP contribution in [0, 0.1) is 0 Å². The molecule has 7 heteroatoms. The number of carbonyl (C=O) groups is 2. The molecule has 32 heavy (non-hydrogen) atoms. The number of carbonyl (C=O) groups excluding carboxylic acids is 2. The number of ether oxygens (including phenoxy) is 3. The Bertz CT molecular complexity index is 920. The van der Waals surface area contributed by atoms with Crippen LogP contribution in [0.2, 0.25) is 0 Å². The average molecular weight is 439 g/mol. The minimum absolute atomic E-state index is 0.0959. The van der Waals surface area contributed by atoms with Gasteiger partial charge in [-0.05, 0) is 67.8 Å². The van der Waals surface area contributed by atoms with Crippen molar-refractivity contribution in [1.82, 2.24) is 4.90 Å². The van der Waals surface area contributed by atoms with Crippen LogP contribution in [0.1, 0.15) is 32.6 Å². The summed E-state index contributed by atoms with van der Waals surface area (Å²) in [5.74, 6) is 2.05. The van der Waals surface area contributed by atoms with E-state index in [-0.39, 0.29) is 24.3 Å². The monoisotopic (exact) mass is 438 g/mol. The van der Waals surface area contributed by atoms with Crippen LogP contribution >= 0.6 is 0 Å². The highest BCUT2D eigenvalue weighted by Crippen LogP contribution is 2.29. The molecule has 4 rings (SSSR count). The molecule has 0 N–H and O–H groups in total. The van der Waals surface area contributed by atoms with Crippen LogP contribution in [-0.4, -0.2) is 55.7 Å². The summed E-state index contributed by atoms with van der Waals surface area (Å²) in [4.78, 5) is 29.2. The molecule has 0 spiro atoms. The Kier molecular flexibility index (Phi) is 6.95. The molecule has 170 valence electrons. The van der Waals surface area contributed by atoms with Gasteiger partial charge >= 0.3 is 0 Å². The topological polar surface area (TPSA) is 68.3 Å². The van der Waals surface area contributed by atoms with Gasteiger partial charge in [0.1, 0.15) is 23.4 Å². The van der Waals surface area contributed by atoms with Gasteiger partial charge < -0.3 is 14.2 Å². The zero-order chi connectivity index (χ0) is 22.5. The van der Waals surface area contributed by atoms with Gasteiger partial charge in [-0.1, -0.05) is 6.92 Å². The van der Waals surface area contributed by atoms with Crippen molar-refractivity contribution in [3.05, 3.63) is 48.5 Å². The molecule has 0 aromatic heterocycles. The van der Waals surface area contributed by atoms with E-state index in [2.05, 4.69) is 4.90 Å². The van der Waals surface area contributed by atoms with E-state index < -0.39 is 6.04 Å². The minimum Gasteiger partial charge on any atom is -0.497 e. The molecule has 0 saturated carbocycles. The van der Waals surface area contributed by atoms with Gasteiger partial charge in [-0.2, -0.15) is 0 Å². The van der Waals surface area contributed by atoms with Crippen molar-refractivity contribution < 1.29 is 23.8 Å². The molecule has 2 aliphatic heterocycles. The largest absolute Gasteiger partial charge is 0.497 e. The van der Waals surface area contributed by atoms with Crippen molar-refractivity contribution >= 4 is 17.5 Å². The van der Waals surface area contributed by atoms with Crippen molar-refractivity contribution in [2.45, 2.75) is 44.8 Å². The Morgan fingerprint density at radius 3 is 2.16 bits per heavy atom. The van der Waals surface area contributed by atoms with Gasteiger partial charge in [-0.15, -0.1) is 0 Å². The first-order valence-corrected chi connectivity index (χ1v) is 11.2. The number of piperidine rings is 1. The highest BCUT2D eigenvalue weighted by molar-refractivity contribution is 6.22. The number of methoxy groups -OCH3 is 1. The molecule has 2 heterocycles. The number of hydrogen-bond donors (Lipinski definition) is 0. The van der Waals surface area contributed by atoms with E-state index >= 15 is 0 Å². The summed E-state index contributed by atoms with van der Waals surface area (Å²) >= 11 is 0. The number of nitrogens with zero attached hydrogens (tertiary/aromatic N) is 2. The molecule has 0 bridgehead atoms. The van der Waals surface area contributed by atoms with Crippen LogP contribution in [0.3, 0.4) is 0 Å². The lowest BCUT2D eigenvalue weighted by Gasteiger charge is -2.34. The zero-order valence-corrected chi connectivity index (χ0v) is 18.7. The molecular formula is C25H30N2O5. The Labute approximate surface area is 188 Å². The lowest BCUT2D eigenvalue weighted by Crippen LogP contribution is -2.47. The molecule has 0 aliphatic carbocycles. The molecule has 2 amide bonds. The van der Waals surface area contributed by atoms with Crippen LogP contribution in [0.15, 0.2) is 48.5 Å². The predicted molar refractivity (Wildman–Crippen MR) is 121 cm³/mol. The fraction of sp³-hybridized carbons (Fsp3) is 0.440. The first-order chi connectivity index (χ1) is 15.6. The van der Waals surface area contributed by atoms with Gasteiger partial charge in [-0.3, -0.25) is 14.5 Å². The van der Waals surface area contributed by atoms with E-state index in [0.717, 1.165) is 49.6 Å². The first-order valence-electron chi connectivity index (χ1n) is 11.2. The molecule has 2 fully saturated rings. The Hall–Kier alpha value is -3.06. The summed E-state index contributed by atoms with van der Waals surface area (Å²) < 4.78 is 16.9. The third kappa shape index (κ3) is 4.88. The van der Waals surface area contributed by atoms with Gasteiger partial charge in [-0.25, -0.2) is 4.90 Å². The highest BCUT2D eigenvalue weighted by atomic mass is 16.5. The van der Waals surface area contributed by atoms with Gasteiger partial charge in [0.2, 0.25) is 5.91 Å². The minimum atomic E-state index is -0.402. The highest BCUT2D eigenvalue weighted by Gasteiger charge is 2.43. The number of hydrogen-bond acceptors (Lipinski definition) is 6. The second-order valence-electron chi connectivity index (χ2n) is 8.16. The van der Waals surface area contributed by atoms with Crippen LogP contribution in [0.25, 0.3) is 0 Å². The maximum Gasteiger partial charge on any atom is 0.251 e. The Morgan fingerprint density at radius 1 is 0.906 bits per heavy atom. The summed E-state index contributed by atoms with van der Waals surface area (Å²) in [5, 5.41) is 0. The van der Waals surface area contributed by atoms with Gasteiger partial charge in [0.05, 0.1) is 31.9 Å². The smallest absolute Gasteiger partial charge is 0.251 e. The summed E-state index contributed by atoms with van der Waals surface area (Å²) in [6, 6.07) is 14.3. The lowest BCUT2D eigenvalue weighted by molar-refractivity contribution is -0.123. The third-order valence-electron chi connectivity index (χ3n) is 5.97. The van der Waals surface area contributed by atoms with E-state index in [9.17, 15) is 9.59 Å². The summed E-state index contributed by atoms with van der Waals surface area (Å²) in [6.45, 7) is 4.13. The molecule has 2 aromatic rings. The molecule has 2 aromatic carbocycles. The molecule has 0 unspecified atom stereocenters. The standard InChI is InChI=1S/C25H30N2O5/c1-3-16-31-20-6-4-18(5-7-20)27-24(28)17-23(25(27)29)26-14-12-22(13-15-26)32-21-10-8-19(30-2)9-11-21/h4-11,22-23H,3,12-17H2,1-2H3/t23-/m1/s1. The quantitative estimate of drug-likeness (QED) is 0.586. The van der Waals surface area contributed by atoms with Gasteiger partial charge in [0, 0.05) is 13.1 Å². The van der Waals surface area contributed by atoms with E-state index in [4.69, 9.17) is 14.2 Å². The molecule has 2 aliphatic rings. The molecule has 1 atom stereocenters. The molecule has 0 radical (unpaired) electrons. The Morgan fingerprint density at radius 2 is 1.53 bits per heavy atom. The van der Waals surface area contributed by atoms with E-state index in [1.165, 1.54) is 4.90 Å². The number of rotatable bonds is 8. The van der Waals surface area contributed by atoms with E-state index in [0.29, 0.717) is 12.3 Å². The van der Waals surface area contributed by atoms with Crippen molar-refractivity contribution in [3.63, 3.8) is 0 Å². The Balaban J connectivity index is 1.33. The fourth-order valence-electron chi connectivity index (χ4n) is 4.24. The lowest BCUT2D eigenvalue weighted by atomic mass is 10.0. The van der Waals surface area contributed by atoms with Crippen molar-refractivity contribution in [2.24, 2.45) is 0 Å². The summed E-state index contributed by atoms with van der Waals surface area (Å²) in [5.41, 5.74) is 0.601. The van der Waals surface area contributed by atoms with Crippen molar-refractivity contribution in [3.8, 4) is 17.2 Å². The number of imide groups is 1. The van der Waals surface area contributed by atoms with Crippen LogP contribution in [-0.2, 0) is 9.59 Å². The molecular weight excluding hydrogens is 408 g/mol. The SMILES string of the molecule is CCCOc1ccc(N2C(=O)C[C@@H](N3CCC(Oc4ccc(OC)cc4)CC3)C2=O)cc1. The van der Waals surface area contributed by atoms with Gasteiger partial charge in [0.25, 0.3) is 5.91 Å². The summed E-state index contributed by atoms with van der Waals surface area (Å²) in [6.07, 6.45) is 2.87. The maximum atomic E-state index is 13.1. The van der Waals surface area contributed by atoms with E-state index in [1.807, 2.05) is 31.2 Å². The molecule has 7 nitrogen and oxygen atoms in total. The number of anilines is 1. The number of likely N-dealkylation sites (tertiary alicyclic amines) is 1. The first kappa shape index (κ1) is 22.1. The maximum absolute atomic E-state index is 13.1. The van der Waals surface area contributed by atoms with Crippen molar-refractivity contribution in [1.29, 1.82) is 0 Å². The average Bonchev–Trinajstić information content (AvgIpc) is 3.13. The fourth-order valence-corrected chi connectivity index (χ4v) is 4.24. The second-order valence-corrected chi connectivity index (χ2v) is 8.16. The van der Waals surface area contributed by atoms with Gasteiger partial charge in [0.15, 0.2) is 0 Å².